The average molecular weight is 246 g/mol. The molecule has 1 amide bonds. The maximum absolute atomic E-state index is 12.0. The van der Waals surface area contributed by atoms with Crippen LogP contribution < -0.4 is 5.73 Å². The lowest BCUT2D eigenvalue weighted by atomic mass is 10.1. The highest BCUT2D eigenvalue weighted by Crippen LogP contribution is 2.18. The van der Waals surface area contributed by atoms with Crippen LogP contribution in [0.5, 0.6) is 0 Å². The topological polar surface area (TPSA) is 55.6 Å². The molecule has 0 bridgehead atoms. The van der Waals surface area contributed by atoms with E-state index in [0.717, 1.165) is 25.3 Å². The molecule has 0 aromatic rings. The molecule has 2 atom stereocenters. The number of nitrogens with two attached hydrogens (primary N) is 1. The van der Waals surface area contributed by atoms with E-state index in [1.807, 2.05) is 16.7 Å². The summed E-state index contributed by atoms with van der Waals surface area (Å²) in [5.74, 6) is 1.13. The van der Waals surface area contributed by atoms with Gasteiger partial charge in [-0.3, -0.25) is 4.79 Å². The van der Waals surface area contributed by atoms with E-state index in [9.17, 15) is 4.79 Å². The van der Waals surface area contributed by atoms with E-state index >= 15 is 0 Å². The quantitative estimate of drug-likeness (QED) is 0.726. The summed E-state index contributed by atoms with van der Waals surface area (Å²) in [5, 5.41) is 0.531. The first-order chi connectivity index (χ1) is 7.65. The molecule has 0 radical (unpaired) electrons. The van der Waals surface area contributed by atoms with Crippen LogP contribution in [-0.4, -0.2) is 54.7 Å². The second-order valence-corrected chi connectivity index (χ2v) is 5.75. The molecule has 0 saturated carbocycles. The normalized spacial score (nSPS) is 23.2. The molecule has 1 rings (SSSR count). The minimum Gasteiger partial charge on any atom is -0.385 e. The van der Waals surface area contributed by atoms with Gasteiger partial charge in [-0.25, -0.2) is 0 Å². The Labute approximate surface area is 102 Å². The first-order valence-corrected chi connectivity index (χ1v) is 6.85. The van der Waals surface area contributed by atoms with E-state index in [1.54, 1.807) is 7.11 Å². The van der Waals surface area contributed by atoms with E-state index in [0.29, 0.717) is 18.3 Å². The Morgan fingerprint density at radius 3 is 3.06 bits per heavy atom. The molecule has 94 valence electrons. The Morgan fingerprint density at radius 2 is 2.44 bits per heavy atom. The van der Waals surface area contributed by atoms with Crippen LogP contribution in [0.2, 0.25) is 0 Å². The summed E-state index contributed by atoms with van der Waals surface area (Å²) >= 11 is 1.92. The van der Waals surface area contributed by atoms with E-state index in [1.165, 1.54) is 0 Å². The molecule has 0 spiro atoms. The predicted molar refractivity (Wildman–Crippen MR) is 67.6 cm³/mol. The first-order valence-electron chi connectivity index (χ1n) is 5.80. The lowest BCUT2D eigenvalue weighted by molar-refractivity contribution is -0.132. The molecule has 1 aliphatic rings. The zero-order chi connectivity index (χ0) is 12.0. The highest BCUT2D eigenvalue weighted by molar-refractivity contribution is 7.99. The molecule has 0 aliphatic carbocycles. The highest BCUT2D eigenvalue weighted by Gasteiger charge is 2.25. The van der Waals surface area contributed by atoms with Crippen molar-refractivity contribution in [1.82, 2.24) is 4.90 Å². The third kappa shape index (κ3) is 4.31. The Kier molecular flexibility index (Phi) is 6.16. The summed E-state index contributed by atoms with van der Waals surface area (Å²) in [6, 6.07) is -0.356. The fourth-order valence-corrected chi connectivity index (χ4v) is 2.84. The van der Waals surface area contributed by atoms with E-state index in [-0.39, 0.29) is 11.9 Å². The van der Waals surface area contributed by atoms with Crippen molar-refractivity contribution in [2.45, 2.75) is 31.1 Å². The van der Waals surface area contributed by atoms with Crippen LogP contribution in [-0.2, 0) is 9.53 Å². The van der Waals surface area contributed by atoms with Gasteiger partial charge in [-0.05, 0) is 12.8 Å². The summed E-state index contributed by atoms with van der Waals surface area (Å²) in [6.45, 7) is 4.50. The van der Waals surface area contributed by atoms with Crippen molar-refractivity contribution in [3.63, 3.8) is 0 Å². The fourth-order valence-electron chi connectivity index (χ4n) is 1.82. The van der Waals surface area contributed by atoms with Crippen molar-refractivity contribution in [1.29, 1.82) is 0 Å². The zero-order valence-corrected chi connectivity index (χ0v) is 11.0. The van der Waals surface area contributed by atoms with Gasteiger partial charge in [0.05, 0.1) is 6.04 Å². The van der Waals surface area contributed by atoms with Crippen LogP contribution >= 0.6 is 11.8 Å². The van der Waals surface area contributed by atoms with Crippen molar-refractivity contribution in [3.05, 3.63) is 0 Å². The predicted octanol–water partition coefficient (Wildman–Crippen LogP) is 0.704. The summed E-state index contributed by atoms with van der Waals surface area (Å²) in [6.07, 6.45) is 1.56. The minimum absolute atomic E-state index is 0.100. The number of hydrogen-bond donors (Lipinski definition) is 1. The van der Waals surface area contributed by atoms with Gasteiger partial charge in [-0.2, -0.15) is 11.8 Å². The van der Waals surface area contributed by atoms with Crippen LogP contribution in [0.1, 0.15) is 19.8 Å². The van der Waals surface area contributed by atoms with E-state index < -0.39 is 0 Å². The van der Waals surface area contributed by atoms with Gasteiger partial charge in [0.15, 0.2) is 0 Å². The number of amides is 1. The lowest BCUT2D eigenvalue weighted by Crippen LogP contribution is -2.48. The van der Waals surface area contributed by atoms with Gasteiger partial charge in [-0.15, -0.1) is 0 Å². The first kappa shape index (κ1) is 13.8. The summed E-state index contributed by atoms with van der Waals surface area (Å²) in [7, 11) is 1.66. The molecule has 2 N–H and O–H groups in total. The standard InChI is InChI=1S/C11H22N2O2S/c1-9-8-13(5-7-16-9)11(14)10(12)4-3-6-15-2/h9-10H,3-8,12H2,1-2H3. The number of methoxy groups -OCH3 is 1. The van der Waals surface area contributed by atoms with Crippen LogP contribution in [0.25, 0.3) is 0 Å². The maximum Gasteiger partial charge on any atom is 0.239 e. The lowest BCUT2D eigenvalue weighted by Gasteiger charge is -2.32. The van der Waals surface area contributed by atoms with Crippen molar-refractivity contribution >= 4 is 17.7 Å². The Bertz CT molecular complexity index is 226. The molecule has 2 unspecified atom stereocenters. The van der Waals surface area contributed by atoms with Crippen molar-refractivity contribution in [3.8, 4) is 0 Å². The maximum atomic E-state index is 12.0. The Balaban J connectivity index is 2.31. The molecule has 0 aromatic carbocycles. The molecule has 4 nitrogen and oxygen atoms in total. The van der Waals surface area contributed by atoms with Crippen molar-refractivity contribution in [2.24, 2.45) is 5.73 Å². The number of ether oxygens (including phenoxy) is 1. The van der Waals surface area contributed by atoms with E-state index in [4.69, 9.17) is 10.5 Å². The molecule has 1 heterocycles. The third-order valence-corrected chi connectivity index (χ3v) is 3.87. The zero-order valence-electron chi connectivity index (χ0n) is 10.1. The molecular weight excluding hydrogens is 224 g/mol. The van der Waals surface area contributed by atoms with Gasteiger partial charge < -0.3 is 15.4 Å². The highest BCUT2D eigenvalue weighted by atomic mass is 32.2. The third-order valence-electron chi connectivity index (χ3n) is 2.73. The molecular formula is C11H22N2O2S. The SMILES string of the molecule is COCCCC(N)C(=O)N1CCSC(C)C1. The number of thioether (sulfide) groups is 1. The number of hydrogen-bond acceptors (Lipinski definition) is 4. The summed E-state index contributed by atoms with van der Waals surface area (Å²) < 4.78 is 4.95. The molecule has 1 saturated heterocycles. The van der Waals surface area contributed by atoms with Crippen LogP contribution in [0.3, 0.4) is 0 Å². The van der Waals surface area contributed by atoms with Crippen LogP contribution in [0.4, 0.5) is 0 Å². The number of carbonyl (C=O) groups is 1. The van der Waals surface area contributed by atoms with Crippen LogP contribution in [0.15, 0.2) is 0 Å². The molecule has 5 heteroatoms. The number of carbonyl (C=O) groups excluding carboxylic acids is 1. The van der Waals surface area contributed by atoms with E-state index in [2.05, 4.69) is 6.92 Å². The van der Waals surface area contributed by atoms with Gasteiger partial charge >= 0.3 is 0 Å². The second kappa shape index (κ2) is 7.14. The summed E-state index contributed by atoms with van der Waals surface area (Å²) in [5.41, 5.74) is 5.88. The monoisotopic (exact) mass is 246 g/mol. The largest absolute Gasteiger partial charge is 0.385 e. The number of nitrogens with zero attached hydrogens (tertiary/aromatic N) is 1. The second-order valence-electron chi connectivity index (χ2n) is 4.21. The van der Waals surface area contributed by atoms with Gasteiger partial charge in [0.25, 0.3) is 0 Å². The van der Waals surface area contributed by atoms with Gasteiger partial charge in [0, 0.05) is 37.8 Å². The van der Waals surface area contributed by atoms with Gasteiger partial charge in [0.1, 0.15) is 0 Å². The summed E-state index contributed by atoms with van der Waals surface area (Å²) in [4.78, 5) is 13.9. The minimum atomic E-state index is -0.356. The fraction of sp³-hybridized carbons (Fsp3) is 0.909. The van der Waals surface area contributed by atoms with Gasteiger partial charge in [-0.1, -0.05) is 6.92 Å². The van der Waals surface area contributed by atoms with Crippen LogP contribution in [0, 0.1) is 0 Å². The smallest absolute Gasteiger partial charge is 0.239 e. The average Bonchev–Trinajstić information content (AvgIpc) is 2.28. The Morgan fingerprint density at radius 1 is 1.69 bits per heavy atom. The molecule has 0 aromatic heterocycles. The van der Waals surface area contributed by atoms with Gasteiger partial charge in [0.2, 0.25) is 5.91 Å². The van der Waals surface area contributed by atoms with Crippen molar-refractivity contribution in [2.75, 3.05) is 32.6 Å². The molecule has 1 fully saturated rings. The van der Waals surface area contributed by atoms with Crippen molar-refractivity contribution < 1.29 is 9.53 Å². The molecule has 16 heavy (non-hydrogen) atoms. The Hall–Kier alpha value is -0.260. The number of rotatable bonds is 5. The molecule has 1 aliphatic heterocycles.